The number of benzene rings is 1. The van der Waals surface area contributed by atoms with Crippen LogP contribution in [0.1, 0.15) is 41.6 Å². The lowest BCUT2D eigenvalue weighted by Crippen LogP contribution is -2.42. The van der Waals surface area contributed by atoms with Crippen molar-refractivity contribution in [3.05, 3.63) is 29.3 Å². The number of carbonyl (C=O) groups is 2. The predicted molar refractivity (Wildman–Crippen MR) is 100 cm³/mol. The lowest BCUT2D eigenvalue weighted by atomic mass is 9.98. The maximum atomic E-state index is 13.1. The normalized spacial score (nSPS) is 23.0. The van der Waals surface area contributed by atoms with Gasteiger partial charge in [-0.05, 0) is 50.4 Å². The van der Waals surface area contributed by atoms with E-state index in [-0.39, 0.29) is 23.8 Å². The van der Waals surface area contributed by atoms with Gasteiger partial charge in [0.25, 0.3) is 5.91 Å². The van der Waals surface area contributed by atoms with Crippen molar-refractivity contribution < 1.29 is 14.3 Å². The first kappa shape index (κ1) is 18.7. The Hall–Kier alpha value is -2.08. The van der Waals surface area contributed by atoms with E-state index < -0.39 is 0 Å². The molecule has 1 aromatic rings. The molecule has 2 aliphatic rings. The summed E-state index contributed by atoms with van der Waals surface area (Å²) in [5.41, 5.74) is 7.14. The Morgan fingerprint density at radius 1 is 1.31 bits per heavy atom. The van der Waals surface area contributed by atoms with Crippen molar-refractivity contribution in [2.45, 2.75) is 38.6 Å². The molecule has 0 aliphatic carbocycles. The van der Waals surface area contributed by atoms with Crippen LogP contribution in [0.15, 0.2) is 18.2 Å². The van der Waals surface area contributed by atoms with E-state index in [1.54, 1.807) is 0 Å². The summed E-state index contributed by atoms with van der Waals surface area (Å²) in [5.74, 6) is 0.806. The topological polar surface area (TPSA) is 75.9 Å². The molecule has 6 nitrogen and oxygen atoms in total. The van der Waals surface area contributed by atoms with Crippen LogP contribution >= 0.6 is 0 Å². The van der Waals surface area contributed by atoms with Gasteiger partial charge in [0.05, 0.1) is 12.5 Å². The van der Waals surface area contributed by atoms with Crippen molar-refractivity contribution >= 4 is 11.8 Å². The van der Waals surface area contributed by atoms with Crippen LogP contribution in [-0.4, -0.2) is 60.9 Å². The van der Waals surface area contributed by atoms with Crippen molar-refractivity contribution in [1.29, 1.82) is 0 Å². The zero-order chi connectivity index (χ0) is 18.7. The molecule has 0 aromatic heterocycles. The summed E-state index contributed by atoms with van der Waals surface area (Å²) in [4.78, 5) is 29.3. The minimum absolute atomic E-state index is 0.0197. The van der Waals surface area contributed by atoms with Gasteiger partial charge in [-0.2, -0.15) is 0 Å². The molecule has 2 fully saturated rings. The quantitative estimate of drug-likeness (QED) is 0.814. The van der Waals surface area contributed by atoms with Gasteiger partial charge in [0, 0.05) is 31.7 Å². The van der Waals surface area contributed by atoms with Crippen LogP contribution in [0, 0.1) is 12.8 Å². The Kier molecular flexibility index (Phi) is 5.81. The highest BCUT2D eigenvalue weighted by Crippen LogP contribution is 2.28. The summed E-state index contributed by atoms with van der Waals surface area (Å²) in [6.07, 6.45) is 3.66. The molecular weight excluding hydrogens is 330 g/mol. The van der Waals surface area contributed by atoms with E-state index in [1.165, 1.54) is 0 Å². The van der Waals surface area contributed by atoms with Gasteiger partial charge in [-0.1, -0.05) is 12.5 Å². The van der Waals surface area contributed by atoms with Crippen LogP contribution in [0.3, 0.4) is 0 Å². The zero-order valence-electron chi connectivity index (χ0n) is 15.7. The average Bonchev–Trinajstić information content (AvgIpc) is 2.81. The highest BCUT2D eigenvalue weighted by molar-refractivity contribution is 5.95. The number of nitrogens with two attached hydrogens (primary N) is 1. The average molecular weight is 359 g/mol. The Balaban J connectivity index is 1.78. The Bertz CT molecular complexity index is 676. The number of ether oxygens (including phenoxy) is 1. The van der Waals surface area contributed by atoms with E-state index in [0.29, 0.717) is 31.8 Å². The molecule has 2 bridgehead atoms. The predicted octanol–water partition coefficient (Wildman–Crippen LogP) is 1.81. The van der Waals surface area contributed by atoms with E-state index in [0.717, 1.165) is 37.0 Å². The number of likely N-dealkylation sites (N-methyl/N-ethyl adjacent to an activating group) is 1. The summed E-state index contributed by atoms with van der Waals surface area (Å²) in [7, 11) is 1.87. The van der Waals surface area contributed by atoms with E-state index in [2.05, 4.69) is 0 Å². The molecule has 2 aliphatic heterocycles. The molecular formula is C20H29N3O3. The van der Waals surface area contributed by atoms with E-state index >= 15 is 0 Å². The van der Waals surface area contributed by atoms with Gasteiger partial charge in [0.1, 0.15) is 5.75 Å². The summed E-state index contributed by atoms with van der Waals surface area (Å²) in [6.45, 7) is 4.21. The van der Waals surface area contributed by atoms with Crippen molar-refractivity contribution in [3.8, 4) is 5.75 Å². The molecule has 2 saturated heterocycles. The van der Waals surface area contributed by atoms with Crippen LogP contribution < -0.4 is 10.5 Å². The fourth-order valence-corrected chi connectivity index (χ4v) is 3.87. The number of hydrogen-bond acceptors (Lipinski definition) is 4. The van der Waals surface area contributed by atoms with Gasteiger partial charge >= 0.3 is 0 Å². The van der Waals surface area contributed by atoms with Crippen LogP contribution in [0.5, 0.6) is 5.75 Å². The first-order valence-electron chi connectivity index (χ1n) is 9.50. The molecule has 0 spiro atoms. The van der Waals surface area contributed by atoms with Gasteiger partial charge in [-0.25, -0.2) is 0 Å². The largest absolute Gasteiger partial charge is 0.493 e. The number of aryl methyl sites for hydroxylation is 1. The van der Waals surface area contributed by atoms with E-state index in [1.807, 2.05) is 42.0 Å². The number of rotatable bonds is 5. The fourth-order valence-electron chi connectivity index (χ4n) is 3.87. The molecule has 142 valence electrons. The molecule has 2 N–H and O–H groups in total. The zero-order valence-corrected chi connectivity index (χ0v) is 15.7. The van der Waals surface area contributed by atoms with Crippen LogP contribution in [0.25, 0.3) is 0 Å². The smallest absolute Gasteiger partial charge is 0.254 e. The lowest BCUT2D eigenvalue weighted by molar-refractivity contribution is -0.134. The first-order chi connectivity index (χ1) is 12.5. The third-order valence-corrected chi connectivity index (χ3v) is 5.53. The third kappa shape index (κ3) is 3.85. The highest BCUT2D eigenvalue weighted by Gasteiger charge is 2.38. The van der Waals surface area contributed by atoms with Crippen LogP contribution in [-0.2, 0) is 4.79 Å². The number of carbonyl (C=O) groups excluding carboxylic acids is 2. The third-order valence-electron chi connectivity index (χ3n) is 5.53. The Morgan fingerprint density at radius 2 is 2.12 bits per heavy atom. The molecule has 6 heteroatoms. The molecule has 2 heterocycles. The number of hydrogen-bond donors (Lipinski definition) is 1. The highest BCUT2D eigenvalue weighted by atomic mass is 16.5. The van der Waals surface area contributed by atoms with Gasteiger partial charge < -0.3 is 20.3 Å². The molecule has 3 rings (SSSR count). The Morgan fingerprint density at radius 3 is 2.88 bits per heavy atom. The van der Waals surface area contributed by atoms with Crippen molar-refractivity contribution in [2.75, 3.05) is 33.3 Å². The van der Waals surface area contributed by atoms with Crippen LogP contribution in [0.2, 0.25) is 0 Å². The number of amides is 2. The monoisotopic (exact) mass is 359 g/mol. The SMILES string of the molecule is Cc1ccc(C(=O)N2C[C@@H]3CCC[C@H](C2)N(C)C3=O)cc1OCCCN. The summed E-state index contributed by atoms with van der Waals surface area (Å²) in [6, 6.07) is 5.70. The second kappa shape index (κ2) is 8.08. The Labute approximate surface area is 155 Å². The lowest BCUT2D eigenvalue weighted by Gasteiger charge is -2.29. The molecule has 0 unspecified atom stereocenters. The number of likely N-dealkylation sites (tertiary alicyclic amines) is 1. The molecule has 1 aromatic carbocycles. The molecule has 26 heavy (non-hydrogen) atoms. The molecule has 2 atom stereocenters. The number of fused-ring (bicyclic) bond motifs is 3. The summed E-state index contributed by atoms with van der Waals surface area (Å²) >= 11 is 0. The minimum Gasteiger partial charge on any atom is -0.493 e. The summed E-state index contributed by atoms with van der Waals surface area (Å²) in [5, 5.41) is 0. The summed E-state index contributed by atoms with van der Waals surface area (Å²) < 4.78 is 5.78. The maximum Gasteiger partial charge on any atom is 0.254 e. The van der Waals surface area contributed by atoms with E-state index in [4.69, 9.17) is 10.5 Å². The molecule has 0 saturated carbocycles. The van der Waals surface area contributed by atoms with E-state index in [9.17, 15) is 9.59 Å². The van der Waals surface area contributed by atoms with Crippen LogP contribution in [0.4, 0.5) is 0 Å². The standard InChI is InChI=1S/C20H29N3O3/c1-14-7-8-15(11-18(14)26-10-4-9-21)20(25)23-12-16-5-3-6-17(13-23)22(2)19(16)24/h7-8,11,16-17H,3-6,9-10,12-13,21H2,1-2H3/t16-,17+/m0/s1. The van der Waals surface area contributed by atoms with Crippen molar-refractivity contribution in [1.82, 2.24) is 9.80 Å². The van der Waals surface area contributed by atoms with Gasteiger partial charge in [-0.15, -0.1) is 0 Å². The second-order valence-corrected chi connectivity index (χ2v) is 7.41. The van der Waals surface area contributed by atoms with Gasteiger partial charge in [0.2, 0.25) is 5.91 Å². The fraction of sp³-hybridized carbons (Fsp3) is 0.600. The van der Waals surface area contributed by atoms with Gasteiger partial charge in [-0.3, -0.25) is 9.59 Å². The molecule has 0 radical (unpaired) electrons. The second-order valence-electron chi connectivity index (χ2n) is 7.41. The minimum atomic E-state index is -0.0813. The maximum absolute atomic E-state index is 13.1. The van der Waals surface area contributed by atoms with Crippen molar-refractivity contribution in [2.24, 2.45) is 11.7 Å². The van der Waals surface area contributed by atoms with Crippen molar-refractivity contribution in [3.63, 3.8) is 0 Å². The first-order valence-corrected chi connectivity index (χ1v) is 9.50. The van der Waals surface area contributed by atoms with Gasteiger partial charge in [0.15, 0.2) is 0 Å². The number of nitrogens with zero attached hydrogens (tertiary/aromatic N) is 2. The molecule has 2 amide bonds.